The largest absolute Gasteiger partial charge is 0.454 e. The van der Waals surface area contributed by atoms with Gasteiger partial charge in [-0.05, 0) is 55.5 Å². The predicted octanol–water partition coefficient (Wildman–Crippen LogP) is 1.29. The standard InChI is InChI=1S/C25H32N4O7S/c1-16(2)12-19(28-24(31)17-8-9-21-22(13-17)36-15-35-21)25(32)27-18-6-5-11-29(14-20(18)30)37(33,34)23-7-3-4-10-26-23/h3-4,7-10,13,16,18-20,30H,5-6,11-12,14-15H2,1-2H3,(H,27,32)(H,28,31)/t18?,19-,20?/m0/s1. The molecule has 1 saturated heterocycles. The van der Waals surface area contributed by atoms with E-state index in [1.807, 2.05) is 13.8 Å². The second kappa shape index (κ2) is 11.4. The van der Waals surface area contributed by atoms with Crippen molar-refractivity contribution in [1.29, 1.82) is 0 Å². The first-order valence-corrected chi connectivity index (χ1v) is 13.7. The minimum atomic E-state index is -3.88. The first-order valence-electron chi connectivity index (χ1n) is 12.3. The van der Waals surface area contributed by atoms with E-state index in [0.29, 0.717) is 36.3 Å². The van der Waals surface area contributed by atoms with Crippen LogP contribution in [0, 0.1) is 5.92 Å². The number of aromatic nitrogens is 1. The van der Waals surface area contributed by atoms with Crippen molar-refractivity contribution in [3.8, 4) is 11.5 Å². The molecule has 2 amide bonds. The molecule has 3 heterocycles. The predicted molar refractivity (Wildman–Crippen MR) is 133 cm³/mol. The van der Waals surface area contributed by atoms with Crippen LogP contribution in [0.2, 0.25) is 0 Å². The monoisotopic (exact) mass is 532 g/mol. The van der Waals surface area contributed by atoms with Crippen molar-refractivity contribution >= 4 is 21.8 Å². The molecule has 2 aromatic rings. The molecule has 3 N–H and O–H groups in total. The van der Waals surface area contributed by atoms with Crippen LogP contribution in [0.25, 0.3) is 0 Å². The van der Waals surface area contributed by atoms with Crippen LogP contribution >= 0.6 is 0 Å². The maximum atomic E-state index is 13.2. The maximum Gasteiger partial charge on any atom is 0.260 e. The fourth-order valence-corrected chi connectivity index (χ4v) is 5.82. The highest BCUT2D eigenvalue weighted by Gasteiger charge is 2.35. The Hall–Kier alpha value is -3.22. The molecule has 0 aliphatic carbocycles. The summed E-state index contributed by atoms with van der Waals surface area (Å²) in [5.74, 6) is 0.241. The van der Waals surface area contributed by atoms with Gasteiger partial charge >= 0.3 is 0 Å². The van der Waals surface area contributed by atoms with Crippen LogP contribution in [-0.4, -0.2) is 72.7 Å². The highest BCUT2D eigenvalue weighted by atomic mass is 32.2. The third-order valence-corrected chi connectivity index (χ3v) is 8.09. The lowest BCUT2D eigenvalue weighted by Crippen LogP contribution is -2.54. The van der Waals surface area contributed by atoms with E-state index in [1.54, 1.807) is 30.3 Å². The number of aliphatic hydroxyl groups excluding tert-OH is 1. The van der Waals surface area contributed by atoms with Crippen molar-refractivity contribution in [2.75, 3.05) is 19.9 Å². The molecule has 12 heteroatoms. The van der Waals surface area contributed by atoms with Gasteiger partial charge in [-0.3, -0.25) is 9.59 Å². The zero-order valence-electron chi connectivity index (χ0n) is 20.8. The number of carbonyl (C=O) groups is 2. The summed E-state index contributed by atoms with van der Waals surface area (Å²) in [7, 11) is -3.88. The molecule has 11 nitrogen and oxygen atoms in total. The van der Waals surface area contributed by atoms with Gasteiger partial charge in [0.1, 0.15) is 6.04 Å². The molecule has 1 aromatic carbocycles. The number of pyridine rings is 1. The van der Waals surface area contributed by atoms with E-state index in [9.17, 15) is 23.1 Å². The van der Waals surface area contributed by atoms with Gasteiger partial charge in [0.25, 0.3) is 15.9 Å². The Labute approximate surface area is 216 Å². The number of nitrogens with one attached hydrogen (secondary N) is 2. The number of rotatable bonds is 8. The van der Waals surface area contributed by atoms with E-state index in [4.69, 9.17) is 9.47 Å². The fraction of sp³-hybridized carbons (Fsp3) is 0.480. The smallest absolute Gasteiger partial charge is 0.260 e. The summed E-state index contributed by atoms with van der Waals surface area (Å²) in [5.41, 5.74) is 0.329. The number of benzene rings is 1. The van der Waals surface area contributed by atoms with Gasteiger partial charge in [0.05, 0.1) is 12.1 Å². The lowest BCUT2D eigenvalue weighted by atomic mass is 10.0. The summed E-state index contributed by atoms with van der Waals surface area (Å²) in [4.78, 5) is 30.1. The second-order valence-corrected chi connectivity index (χ2v) is 11.5. The van der Waals surface area contributed by atoms with Gasteiger partial charge < -0.3 is 25.2 Å². The van der Waals surface area contributed by atoms with E-state index < -0.39 is 40.0 Å². The van der Waals surface area contributed by atoms with Crippen LogP contribution in [0.5, 0.6) is 11.5 Å². The molecular weight excluding hydrogens is 500 g/mol. The van der Waals surface area contributed by atoms with E-state index in [0.717, 1.165) is 0 Å². The highest BCUT2D eigenvalue weighted by Crippen LogP contribution is 2.32. The second-order valence-electron chi connectivity index (χ2n) is 9.58. The summed E-state index contributed by atoms with van der Waals surface area (Å²) in [5, 5.41) is 16.4. The van der Waals surface area contributed by atoms with E-state index >= 15 is 0 Å². The lowest BCUT2D eigenvalue weighted by molar-refractivity contribution is -0.125. The Kier molecular flexibility index (Phi) is 8.30. The molecule has 1 aromatic heterocycles. The maximum absolute atomic E-state index is 13.2. The Balaban J connectivity index is 1.42. The molecule has 37 heavy (non-hydrogen) atoms. The third-order valence-electron chi connectivity index (χ3n) is 6.31. The van der Waals surface area contributed by atoms with Crippen LogP contribution in [0.3, 0.4) is 0 Å². The van der Waals surface area contributed by atoms with Crippen molar-refractivity contribution in [3.05, 3.63) is 48.2 Å². The quantitative estimate of drug-likeness (QED) is 0.461. The summed E-state index contributed by atoms with van der Waals surface area (Å²) >= 11 is 0. The van der Waals surface area contributed by atoms with Gasteiger partial charge in [-0.2, -0.15) is 4.31 Å². The fourth-order valence-electron chi connectivity index (χ4n) is 4.39. The van der Waals surface area contributed by atoms with Gasteiger partial charge in [-0.1, -0.05) is 19.9 Å². The van der Waals surface area contributed by atoms with Gasteiger partial charge in [0.2, 0.25) is 12.7 Å². The molecule has 0 radical (unpaired) electrons. The molecule has 0 saturated carbocycles. The van der Waals surface area contributed by atoms with Gasteiger partial charge in [0, 0.05) is 24.8 Å². The van der Waals surface area contributed by atoms with Crippen molar-refractivity contribution in [1.82, 2.24) is 19.9 Å². The molecule has 2 aliphatic heterocycles. The average Bonchev–Trinajstić information content (AvgIpc) is 3.27. The molecule has 0 bridgehead atoms. The molecule has 0 spiro atoms. The first kappa shape index (κ1) is 26.8. The number of aliphatic hydroxyl groups is 1. The molecule has 3 atom stereocenters. The normalized spacial score (nSPS) is 20.8. The van der Waals surface area contributed by atoms with E-state index in [2.05, 4.69) is 15.6 Å². The van der Waals surface area contributed by atoms with Gasteiger partial charge in [0.15, 0.2) is 16.5 Å². The van der Waals surface area contributed by atoms with Gasteiger partial charge in [-0.25, -0.2) is 13.4 Å². The molecule has 4 rings (SSSR count). The minimum absolute atomic E-state index is 0.0864. The Morgan fingerprint density at radius 3 is 2.70 bits per heavy atom. The number of amides is 2. The Morgan fingerprint density at radius 1 is 1.19 bits per heavy atom. The SMILES string of the molecule is CC(C)C[C@H](NC(=O)c1ccc2c(c1)OCO2)C(=O)NC1CCCN(S(=O)(=O)c2ccccn2)CC1O. The van der Waals surface area contributed by atoms with Crippen molar-refractivity contribution in [3.63, 3.8) is 0 Å². The number of hydrogen-bond acceptors (Lipinski definition) is 8. The summed E-state index contributed by atoms with van der Waals surface area (Å²) in [6.07, 6.45) is 1.47. The molecule has 2 aliphatic rings. The molecule has 200 valence electrons. The zero-order chi connectivity index (χ0) is 26.6. The number of β-amino-alcohol motifs (C(OH)–C–C–N with tert-alkyl or cyclic N) is 1. The van der Waals surface area contributed by atoms with Gasteiger partial charge in [-0.15, -0.1) is 0 Å². The van der Waals surface area contributed by atoms with E-state index in [1.165, 1.54) is 16.6 Å². The zero-order valence-corrected chi connectivity index (χ0v) is 21.6. The highest BCUT2D eigenvalue weighted by molar-refractivity contribution is 7.89. The Morgan fingerprint density at radius 2 is 1.97 bits per heavy atom. The van der Waals surface area contributed by atoms with Crippen molar-refractivity contribution < 1.29 is 32.6 Å². The number of ether oxygens (including phenoxy) is 2. The first-order chi connectivity index (χ1) is 17.6. The summed E-state index contributed by atoms with van der Waals surface area (Å²) in [6, 6.07) is 7.90. The lowest BCUT2D eigenvalue weighted by Gasteiger charge is -2.27. The van der Waals surface area contributed by atoms with Crippen molar-refractivity contribution in [2.24, 2.45) is 5.92 Å². The average molecular weight is 533 g/mol. The number of fused-ring (bicyclic) bond motifs is 1. The number of sulfonamides is 1. The number of nitrogens with zero attached hydrogens (tertiary/aromatic N) is 2. The number of carbonyl (C=O) groups excluding carboxylic acids is 2. The molecule has 2 unspecified atom stereocenters. The number of hydrogen-bond donors (Lipinski definition) is 3. The van der Waals surface area contributed by atoms with Crippen LogP contribution in [-0.2, 0) is 14.8 Å². The third kappa shape index (κ3) is 6.38. The van der Waals surface area contributed by atoms with Crippen LogP contribution < -0.4 is 20.1 Å². The minimum Gasteiger partial charge on any atom is -0.454 e. The van der Waals surface area contributed by atoms with Crippen LogP contribution in [0.4, 0.5) is 0 Å². The van der Waals surface area contributed by atoms with Crippen LogP contribution in [0.15, 0.2) is 47.6 Å². The van der Waals surface area contributed by atoms with E-state index in [-0.39, 0.29) is 30.8 Å². The molecule has 1 fully saturated rings. The van der Waals surface area contributed by atoms with Crippen molar-refractivity contribution in [2.45, 2.75) is 56.3 Å². The topological polar surface area (TPSA) is 147 Å². The summed E-state index contributed by atoms with van der Waals surface area (Å²) < 4.78 is 37.7. The Bertz CT molecular complexity index is 1220. The molecular formula is C25H32N4O7S. The van der Waals surface area contributed by atoms with Crippen LogP contribution in [0.1, 0.15) is 43.5 Å². The summed E-state index contributed by atoms with van der Waals surface area (Å²) in [6.45, 7) is 3.98.